The molecule has 3 aromatic carbocycles. The van der Waals surface area contributed by atoms with Gasteiger partial charge in [0.25, 0.3) is 0 Å². The molecule has 0 unspecified atom stereocenters. The van der Waals surface area contributed by atoms with Gasteiger partial charge < -0.3 is 5.11 Å². The Morgan fingerprint density at radius 1 is 0.882 bits per heavy atom. The first-order chi connectivity index (χ1) is 8.29. The van der Waals surface area contributed by atoms with Crippen LogP contribution in [0.2, 0.25) is 0 Å². The Bertz CT molecular complexity index is 726. The van der Waals surface area contributed by atoms with Crippen molar-refractivity contribution < 1.29 is 5.11 Å². The molecule has 0 aliphatic heterocycles. The number of fused-ring (bicyclic) bond motifs is 2. The van der Waals surface area contributed by atoms with Gasteiger partial charge in [-0.3, -0.25) is 0 Å². The van der Waals surface area contributed by atoms with Crippen LogP contribution in [0, 0.1) is 0 Å². The molecular weight excluding hydrogens is 208 g/mol. The van der Waals surface area contributed by atoms with E-state index in [4.69, 9.17) is 0 Å². The third-order valence-corrected chi connectivity index (χ3v) is 3.11. The summed E-state index contributed by atoms with van der Waals surface area (Å²) in [7, 11) is 0. The largest absolute Gasteiger partial charge is 0.507 e. The van der Waals surface area contributed by atoms with Crippen molar-refractivity contribution in [1.29, 1.82) is 0 Å². The van der Waals surface area contributed by atoms with E-state index in [0.717, 1.165) is 21.7 Å². The van der Waals surface area contributed by atoms with E-state index in [9.17, 15) is 5.11 Å². The third-order valence-electron chi connectivity index (χ3n) is 3.11. The van der Waals surface area contributed by atoms with Crippen molar-refractivity contribution in [3.8, 4) is 5.75 Å². The second-order valence-corrected chi connectivity index (χ2v) is 4.12. The summed E-state index contributed by atoms with van der Waals surface area (Å²) in [6.45, 7) is 3.82. The average molecular weight is 220 g/mol. The van der Waals surface area contributed by atoms with E-state index in [2.05, 4.69) is 18.7 Å². The normalized spacial score (nSPS) is 10.8. The van der Waals surface area contributed by atoms with E-state index in [1.54, 1.807) is 6.07 Å². The average Bonchev–Trinajstić information content (AvgIpc) is 2.36. The molecule has 0 heterocycles. The highest BCUT2D eigenvalue weighted by Gasteiger charge is 2.03. The number of hydrogen-bond acceptors (Lipinski definition) is 1. The van der Waals surface area contributed by atoms with Crippen LogP contribution in [-0.4, -0.2) is 5.11 Å². The molecule has 0 saturated carbocycles. The predicted octanol–water partition coefficient (Wildman–Crippen LogP) is 4.34. The zero-order valence-corrected chi connectivity index (χ0v) is 9.35. The summed E-state index contributed by atoms with van der Waals surface area (Å²) >= 11 is 0. The molecule has 0 aromatic heterocycles. The summed E-state index contributed by atoms with van der Waals surface area (Å²) in [6.07, 6.45) is 1.84. The molecule has 0 aliphatic carbocycles. The van der Waals surface area contributed by atoms with Gasteiger partial charge in [0, 0.05) is 5.39 Å². The van der Waals surface area contributed by atoms with Crippen LogP contribution >= 0.6 is 0 Å². The Kier molecular flexibility index (Phi) is 2.12. The van der Waals surface area contributed by atoms with Crippen LogP contribution in [0.3, 0.4) is 0 Å². The summed E-state index contributed by atoms with van der Waals surface area (Å²) in [4.78, 5) is 0. The van der Waals surface area contributed by atoms with Gasteiger partial charge in [0.15, 0.2) is 0 Å². The van der Waals surface area contributed by atoms with Crippen molar-refractivity contribution in [3.05, 3.63) is 60.7 Å². The molecule has 0 radical (unpaired) electrons. The van der Waals surface area contributed by atoms with Gasteiger partial charge >= 0.3 is 0 Å². The summed E-state index contributed by atoms with van der Waals surface area (Å²) in [5.41, 5.74) is 1.09. The molecule has 0 amide bonds. The maximum absolute atomic E-state index is 9.87. The summed E-state index contributed by atoms with van der Waals surface area (Å²) in [5.74, 6) is 0.322. The van der Waals surface area contributed by atoms with Gasteiger partial charge in [-0.05, 0) is 39.9 Å². The maximum Gasteiger partial charge on any atom is 0.123 e. The van der Waals surface area contributed by atoms with E-state index in [1.807, 2.05) is 36.4 Å². The van der Waals surface area contributed by atoms with Gasteiger partial charge in [0.05, 0.1) is 0 Å². The van der Waals surface area contributed by atoms with E-state index in [1.165, 1.54) is 5.39 Å². The molecular formula is C16H12O. The summed E-state index contributed by atoms with van der Waals surface area (Å²) < 4.78 is 0. The number of rotatable bonds is 1. The van der Waals surface area contributed by atoms with Crippen LogP contribution in [0.4, 0.5) is 0 Å². The Hall–Kier alpha value is -2.28. The smallest absolute Gasteiger partial charge is 0.123 e. The Morgan fingerprint density at radius 2 is 1.59 bits per heavy atom. The van der Waals surface area contributed by atoms with E-state index >= 15 is 0 Å². The van der Waals surface area contributed by atoms with Crippen LogP contribution in [-0.2, 0) is 0 Å². The fourth-order valence-corrected chi connectivity index (χ4v) is 2.24. The molecule has 0 bridgehead atoms. The van der Waals surface area contributed by atoms with E-state index in [0.29, 0.717) is 5.75 Å². The lowest BCUT2D eigenvalue weighted by Gasteiger charge is -2.06. The lowest BCUT2D eigenvalue weighted by Crippen LogP contribution is -1.80. The lowest BCUT2D eigenvalue weighted by atomic mass is 9.99. The van der Waals surface area contributed by atoms with Crippen molar-refractivity contribution in [3.63, 3.8) is 0 Å². The molecule has 0 atom stereocenters. The van der Waals surface area contributed by atoms with Crippen molar-refractivity contribution in [1.82, 2.24) is 0 Å². The highest BCUT2D eigenvalue weighted by Crippen LogP contribution is 2.30. The van der Waals surface area contributed by atoms with E-state index in [-0.39, 0.29) is 0 Å². The molecule has 0 saturated heterocycles. The highest BCUT2D eigenvalue weighted by molar-refractivity contribution is 6.03. The molecule has 1 nitrogen and oxygen atoms in total. The number of aromatic hydroxyl groups is 1. The number of phenolic OH excluding ortho intramolecular Hbond substituents is 1. The maximum atomic E-state index is 9.87. The lowest BCUT2D eigenvalue weighted by molar-refractivity contribution is 0.481. The zero-order chi connectivity index (χ0) is 11.8. The fourth-order valence-electron chi connectivity index (χ4n) is 2.24. The highest BCUT2D eigenvalue weighted by atomic mass is 16.3. The second kappa shape index (κ2) is 3.63. The molecule has 0 aliphatic rings. The van der Waals surface area contributed by atoms with Crippen molar-refractivity contribution >= 4 is 27.6 Å². The van der Waals surface area contributed by atoms with Crippen LogP contribution in [0.5, 0.6) is 5.75 Å². The zero-order valence-electron chi connectivity index (χ0n) is 9.35. The molecule has 3 rings (SSSR count). The first-order valence-corrected chi connectivity index (χ1v) is 5.56. The van der Waals surface area contributed by atoms with Gasteiger partial charge in [-0.2, -0.15) is 0 Å². The third kappa shape index (κ3) is 1.48. The number of hydrogen-bond donors (Lipinski definition) is 1. The minimum absolute atomic E-state index is 0.322. The molecule has 3 aromatic rings. The summed E-state index contributed by atoms with van der Waals surface area (Å²) in [6, 6.07) is 15.8. The van der Waals surface area contributed by atoms with Crippen LogP contribution < -0.4 is 0 Å². The molecule has 0 spiro atoms. The van der Waals surface area contributed by atoms with Gasteiger partial charge in [0.1, 0.15) is 5.75 Å². The second-order valence-electron chi connectivity index (χ2n) is 4.12. The van der Waals surface area contributed by atoms with Gasteiger partial charge in [-0.25, -0.2) is 0 Å². The van der Waals surface area contributed by atoms with Crippen molar-refractivity contribution in [2.75, 3.05) is 0 Å². The SMILES string of the molecule is C=Cc1cccc2cc3cccc(O)c3cc12. The summed E-state index contributed by atoms with van der Waals surface area (Å²) in [5, 5.41) is 14.1. The van der Waals surface area contributed by atoms with Crippen molar-refractivity contribution in [2.45, 2.75) is 0 Å². The van der Waals surface area contributed by atoms with E-state index < -0.39 is 0 Å². The standard InChI is InChI=1S/C16H12O/c1-2-11-5-3-6-12-9-13-7-4-8-16(17)15(13)10-14(11)12/h2-10,17H,1H2. The number of benzene rings is 3. The minimum Gasteiger partial charge on any atom is -0.507 e. The van der Waals surface area contributed by atoms with Gasteiger partial charge in [0.2, 0.25) is 0 Å². The monoisotopic (exact) mass is 220 g/mol. The molecule has 1 N–H and O–H groups in total. The Balaban J connectivity index is 2.53. The van der Waals surface area contributed by atoms with Gasteiger partial charge in [-0.1, -0.05) is 43.0 Å². The number of phenols is 1. The molecule has 0 fully saturated rings. The van der Waals surface area contributed by atoms with Crippen LogP contribution in [0.25, 0.3) is 27.6 Å². The fraction of sp³-hybridized carbons (Fsp3) is 0. The van der Waals surface area contributed by atoms with Crippen LogP contribution in [0.15, 0.2) is 55.1 Å². The topological polar surface area (TPSA) is 20.2 Å². The minimum atomic E-state index is 0.322. The quantitative estimate of drug-likeness (QED) is 0.605. The van der Waals surface area contributed by atoms with Crippen molar-refractivity contribution in [2.24, 2.45) is 0 Å². The first kappa shape index (κ1) is 9.91. The molecule has 1 heteroatoms. The molecule has 82 valence electrons. The van der Waals surface area contributed by atoms with Crippen LogP contribution in [0.1, 0.15) is 5.56 Å². The first-order valence-electron chi connectivity index (χ1n) is 5.56. The Morgan fingerprint density at radius 3 is 2.35 bits per heavy atom. The Labute approximate surface area is 99.6 Å². The predicted molar refractivity (Wildman–Crippen MR) is 73.2 cm³/mol. The van der Waals surface area contributed by atoms with Gasteiger partial charge in [-0.15, -0.1) is 0 Å². The molecule has 17 heavy (non-hydrogen) atoms.